The van der Waals surface area contributed by atoms with E-state index in [1.165, 1.54) is 17.2 Å². The molecule has 0 saturated heterocycles. The zero-order valence-electron chi connectivity index (χ0n) is 18.1. The average molecular weight is 451 g/mol. The monoisotopic (exact) mass is 451 g/mol. The van der Waals surface area contributed by atoms with Crippen molar-refractivity contribution in [3.8, 4) is 0 Å². The fourth-order valence-corrected chi connectivity index (χ4v) is 3.85. The number of anilines is 3. The van der Waals surface area contributed by atoms with E-state index in [2.05, 4.69) is 55.3 Å². The summed E-state index contributed by atoms with van der Waals surface area (Å²) in [4.78, 5) is 15.7. The molecular weight excluding hydrogens is 430 g/mol. The highest BCUT2D eigenvalue weighted by Gasteiger charge is 2.18. The normalized spacial score (nSPS) is 11.0. The van der Waals surface area contributed by atoms with Gasteiger partial charge in [-0.05, 0) is 35.4 Å². The molecule has 0 bridgehead atoms. The van der Waals surface area contributed by atoms with Gasteiger partial charge in [-0.1, -0.05) is 60.7 Å². The van der Waals surface area contributed by atoms with Crippen LogP contribution in [0.25, 0.3) is 11.0 Å². The van der Waals surface area contributed by atoms with E-state index >= 15 is 0 Å². The van der Waals surface area contributed by atoms with Crippen molar-refractivity contribution >= 4 is 34.0 Å². The van der Waals surface area contributed by atoms with Crippen molar-refractivity contribution in [1.29, 1.82) is 0 Å². The molecule has 0 spiro atoms. The predicted molar refractivity (Wildman–Crippen MR) is 131 cm³/mol. The first-order chi connectivity index (χ1) is 16.7. The number of nitro groups is 1. The molecule has 5 rings (SSSR count). The van der Waals surface area contributed by atoms with Crippen LogP contribution in [-0.2, 0) is 0 Å². The molecule has 34 heavy (non-hydrogen) atoms. The Bertz CT molecular complexity index is 1380. The van der Waals surface area contributed by atoms with Crippen molar-refractivity contribution in [1.82, 2.24) is 20.4 Å². The number of aromatic nitrogens is 4. The number of fused-ring (bicyclic) bond motifs is 1. The van der Waals surface area contributed by atoms with E-state index in [4.69, 9.17) is 0 Å². The number of aromatic amines is 1. The number of pyridine rings is 1. The fraction of sp³-hybridized carbons (Fsp3) is 0.0800. The van der Waals surface area contributed by atoms with Gasteiger partial charge < -0.3 is 10.6 Å². The first-order valence-corrected chi connectivity index (χ1v) is 10.7. The smallest absolute Gasteiger partial charge is 0.311 e. The Kier molecular flexibility index (Phi) is 5.81. The summed E-state index contributed by atoms with van der Waals surface area (Å²) in [6.45, 7) is 0.573. The lowest BCUT2D eigenvalue weighted by Gasteiger charge is -2.19. The third-order valence-electron chi connectivity index (χ3n) is 5.54. The average Bonchev–Trinajstić information content (AvgIpc) is 3.33. The minimum absolute atomic E-state index is 0.0883. The third-order valence-corrected chi connectivity index (χ3v) is 5.54. The lowest BCUT2D eigenvalue weighted by atomic mass is 9.91. The topological polar surface area (TPSA) is 122 Å². The van der Waals surface area contributed by atoms with E-state index in [-0.39, 0.29) is 17.4 Å². The van der Waals surface area contributed by atoms with Crippen LogP contribution in [0.4, 0.5) is 23.0 Å². The number of H-pyrrole nitrogens is 1. The van der Waals surface area contributed by atoms with Gasteiger partial charge in [0.25, 0.3) is 0 Å². The molecule has 0 fully saturated rings. The Morgan fingerprint density at radius 3 is 2.21 bits per heavy atom. The first kappa shape index (κ1) is 21.1. The maximum Gasteiger partial charge on any atom is 0.311 e. The van der Waals surface area contributed by atoms with Crippen LogP contribution in [0, 0.1) is 10.1 Å². The molecule has 2 aromatic heterocycles. The highest BCUT2D eigenvalue weighted by molar-refractivity contribution is 5.80. The summed E-state index contributed by atoms with van der Waals surface area (Å²) in [6, 6.07) is 28.8. The molecule has 168 valence electrons. The highest BCUT2D eigenvalue weighted by Crippen LogP contribution is 2.29. The molecule has 0 aliphatic rings. The SMILES string of the molecule is O=[N+]([O-])c1ccc(NCC(c2ccccc2)c2ccccc2)nc1Nc1ccc2n[nH]nc2c1. The van der Waals surface area contributed by atoms with Gasteiger partial charge in [-0.25, -0.2) is 4.98 Å². The zero-order chi connectivity index (χ0) is 23.3. The Labute approximate surface area is 195 Å². The van der Waals surface area contributed by atoms with Gasteiger partial charge in [0.15, 0.2) is 0 Å². The molecule has 3 N–H and O–H groups in total. The van der Waals surface area contributed by atoms with Crippen molar-refractivity contribution < 1.29 is 4.92 Å². The lowest BCUT2D eigenvalue weighted by Crippen LogP contribution is -2.15. The second kappa shape index (κ2) is 9.37. The van der Waals surface area contributed by atoms with Gasteiger partial charge >= 0.3 is 5.69 Å². The van der Waals surface area contributed by atoms with Gasteiger partial charge in [-0.3, -0.25) is 10.1 Å². The van der Waals surface area contributed by atoms with E-state index < -0.39 is 4.92 Å². The van der Waals surface area contributed by atoms with Crippen LogP contribution in [0.5, 0.6) is 0 Å². The molecule has 0 radical (unpaired) electrons. The lowest BCUT2D eigenvalue weighted by molar-refractivity contribution is -0.384. The number of hydrogen-bond acceptors (Lipinski definition) is 7. The van der Waals surface area contributed by atoms with Crippen LogP contribution in [0.2, 0.25) is 0 Å². The summed E-state index contributed by atoms with van der Waals surface area (Å²) in [7, 11) is 0. The summed E-state index contributed by atoms with van der Waals surface area (Å²) in [5, 5.41) is 28.7. The fourth-order valence-electron chi connectivity index (χ4n) is 3.85. The van der Waals surface area contributed by atoms with Crippen molar-refractivity contribution in [2.45, 2.75) is 5.92 Å². The second-order valence-corrected chi connectivity index (χ2v) is 7.73. The van der Waals surface area contributed by atoms with E-state index in [0.717, 1.165) is 0 Å². The van der Waals surface area contributed by atoms with Gasteiger partial charge in [-0.15, -0.1) is 0 Å². The predicted octanol–water partition coefficient (Wildman–Crippen LogP) is 5.25. The highest BCUT2D eigenvalue weighted by atomic mass is 16.6. The summed E-state index contributed by atoms with van der Waals surface area (Å²) in [5.74, 6) is 0.770. The molecular formula is C25H21N7O2. The molecule has 0 aliphatic heterocycles. The van der Waals surface area contributed by atoms with Crippen LogP contribution >= 0.6 is 0 Å². The summed E-state index contributed by atoms with van der Waals surface area (Å²) >= 11 is 0. The molecule has 9 heteroatoms. The van der Waals surface area contributed by atoms with Gasteiger partial charge in [0.1, 0.15) is 16.9 Å². The van der Waals surface area contributed by atoms with Gasteiger partial charge in [0.2, 0.25) is 5.82 Å². The van der Waals surface area contributed by atoms with Gasteiger partial charge in [0.05, 0.1) is 4.92 Å². The van der Waals surface area contributed by atoms with Gasteiger partial charge in [0, 0.05) is 24.2 Å². The quantitative estimate of drug-likeness (QED) is 0.218. The van der Waals surface area contributed by atoms with Crippen LogP contribution in [0.15, 0.2) is 91.0 Å². The van der Waals surface area contributed by atoms with Crippen LogP contribution < -0.4 is 10.6 Å². The summed E-state index contributed by atoms with van der Waals surface area (Å²) < 4.78 is 0. The minimum Gasteiger partial charge on any atom is -0.369 e. The molecule has 0 atom stereocenters. The van der Waals surface area contributed by atoms with Crippen LogP contribution in [0.3, 0.4) is 0 Å². The molecule has 9 nitrogen and oxygen atoms in total. The number of hydrogen-bond donors (Lipinski definition) is 3. The molecule has 0 aliphatic carbocycles. The Morgan fingerprint density at radius 2 is 1.53 bits per heavy atom. The molecule has 2 heterocycles. The Hall–Kier alpha value is -4.79. The number of nitrogens with zero attached hydrogens (tertiary/aromatic N) is 4. The second-order valence-electron chi connectivity index (χ2n) is 7.73. The van der Waals surface area contributed by atoms with Gasteiger partial charge in [-0.2, -0.15) is 15.4 Å². The van der Waals surface area contributed by atoms with Crippen LogP contribution in [-0.4, -0.2) is 31.9 Å². The standard InChI is InChI=1S/C25H21N7O2/c33-32(34)23-13-14-24(28-25(23)27-19-11-12-21-22(15-19)30-31-29-21)26-16-20(17-7-3-1-4-8-17)18-9-5-2-6-10-18/h1-15,20H,16H2,(H2,26,27,28)(H,29,30,31). The van der Waals surface area contributed by atoms with E-state index in [9.17, 15) is 10.1 Å². The van der Waals surface area contributed by atoms with Crippen molar-refractivity contribution in [2.24, 2.45) is 0 Å². The largest absolute Gasteiger partial charge is 0.369 e. The molecule has 0 amide bonds. The molecule has 3 aromatic carbocycles. The van der Waals surface area contributed by atoms with Crippen molar-refractivity contribution in [2.75, 3.05) is 17.2 Å². The van der Waals surface area contributed by atoms with Crippen molar-refractivity contribution in [3.63, 3.8) is 0 Å². The zero-order valence-corrected chi connectivity index (χ0v) is 18.1. The van der Waals surface area contributed by atoms with E-state index in [1.54, 1.807) is 24.3 Å². The molecule has 0 unspecified atom stereocenters. The number of rotatable bonds is 8. The van der Waals surface area contributed by atoms with Crippen LogP contribution in [0.1, 0.15) is 17.0 Å². The van der Waals surface area contributed by atoms with Crippen molar-refractivity contribution in [3.05, 3.63) is 112 Å². The maximum absolute atomic E-state index is 11.6. The minimum atomic E-state index is -0.454. The Balaban J connectivity index is 1.41. The van der Waals surface area contributed by atoms with E-state index in [1.807, 2.05) is 36.4 Å². The first-order valence-electron chi connectivity index (χ1n) is 10.7. The number of benzene rings is 3. The Morgan fingerprint density at radius 1 is 0.853 bits per heavy atom. The third kappa shape index (κ3) is 4.53. The number of nitrogens with one attached hydrogen (secondary N) is 3. The summed E-state index contributed by atoms with van der Waals surface area (Å²) in [6.07, 6.45) is 0. The molecule has 0 saturated carbocycles. The summed E-state index contributed by atoms with van der Waals surface area (Å²) in [5.41, 5.74) is 4.20. The molecule has 5 aromatic rings. The maximum atomic E-state index is 11.6. The van der Waals surface area contributed by atoms with E-state index in [0.29, 0.717) is 29.1 Å².